The standard InChI is InChI=1S/C45H62O5Si2/c1-36(30-32-49-51(9,10)44(2,3)4)43(48-35-37-20-14-11-15-21-37)42(47-34-38-26-28-39(46-8)29-27-38)31-33-50-52(45(5,6)7,40-22-16-12-17-23-40)41-24-18-13-19-25-41/h11-30,42-43H,31-35H2,1-10H3/b36-30+/t42-,43+/m0/s1. The van der Waals surface area contributed by atoms with Crippen molar-refractivity contribution in [1.29, 1.82) is 0 Å². The maximum atomic E-state index is 7.38. The molecule has 0 N–H and O–H groups in total. The predicted octanol–water partition coefficient (Wildman–Crippen LogP) is 10.1. The van der Waals surface area contributed by atoms with Gasteiger partial charge in [-0.1, -0.05) is 151 Å². The molecule has 0 fully saturated rings. The topological polar surface area (TPSA) is 46.2 Å². The van der Waals surface area contributed by atoms with Crippen LogP contribution in [0, 0.1) is 0 Å². The fourth-order valence-electron chi connectivity index (χ4n) is 6.34. The lowest BCUT2D eigenvalue weighted by atomic mass is 10.0. The molecule has 0 spiro atoms. The zero-order valence-corrected chi connectivity index (χ0v) is 35.3. The summed E-state index contributed by atoms with van der Waals surface area (Å²) in [6, 6.07) is 40.1. The molecule has 7 heteroatoms. The SMILES string of the molecule is COc1ccc(CO[C@@H](CCO[Si](c2ccccc2)(c2ccccc2)C(C)(C)C)[C@H](OCc2ccccc2)/C(C)=C/CO[Si](C)(C)C(C)(C)C)cc1. The van der Waals surface area contributed by atoms with Crippen LogP contribution in [0.1, 0.15) is 66.0 Å². The molecule has 0 saturated heterocycles. The highest BCUT2D eigenvalue weighted by Crippen LogP contribution is 2.38. The molecule has 280 valence electrons. The smallest absolute Gasteiger partial charge is 0.261 e. The van der Waals surface area contributed by atoms with Crippen molar-refractivity contribution < 1.29 is 23.1 Å². The molecule has 0 aliphatic carbocycles. The molecule has 0 aromatic heterocycles. The Morgan fingerprint density at radius 2 is 1.13 bits per heavy atom. The van der Waals surface area contributed by atoms with Crippen molar-refractivity contribution in [2.24, 2.45) is 0 Å². The van der Waals surface area contributed by atoms with Crippen LogP contribution in [-0.2, 0) is 31.5 Å². The van der Waals surface area contributed by atoms with Gasteiger partial charge in [0.05, 0.1) is 33.0 Å². The van der Waals surface area contributed by atoms with Crippen LogP contribution in [0.5, 0.6) is 5.75 Å². The van der Waals surface area contributed by atoms with E-state index >= 15 is 0 Å². The van der Waals surface area contributed by atoms with Crippen molar-refractivity contribution in [3.05, 3.63) is 138 Å². The summed E-state index contributed by atoms with van der Waals surface area (Å²) < 4.78 is 33.1. The van der Waals surface area contributed by atoms with E-state index in [9.17, 15) is 0 Å². The van der Waals surface area contributed by atoms with Crippen LogP contribution in [-0.4, -0.2) is 49.2 Å². The zero-order valence-electron chi connectivity index (χ0n) is 33.3. The quantitative estimate of drug-likeness (QED) is 0.0752. The second-order valence-electron chi connectivity index (χ2n) is 16.2. The molecule has 0 saturated carbocycles. The number of hydrogen-bond donors (Lipinski definition) is 0. The second kappa shape index (κ2) is 18.6. The van der Waals surface area contributed by atoms with Crippen molar-refractivity contribution in [3.8, 4) is 5.75 Å². The molecule has 52 heavy (non-hydrogen) atoms. The summed E-state index contributed by atoms with van der Waals surface area (Å²) in [6.07, 6.45) is 2.24. The summed E-state index contributed by atoms with van der Waals surface area (Å²) in [5.74, 6) is 0.823. The molecule has 5 nitrogen and oxygen atoms in total. The molecular formula is C45H62O5Si2. The Morgan fingerprint density at radius 1 is 0.635 bits per heavy atom. The number of methoxy groups -OCH3 is 1. The predicted molar refractivity (Wildman–Crippen MR) is 222 cm³/mol. The largest absolute Gasteiger partial charge is 0.497 e. The van der Waals surface area contributed by atoms with Crippen molar-refractivity contribution in [2.45, 2.75) is 103 Å². The molecule has 0 amide bonds. The Balaban J connectivity index is 1.69. The van der Waals surface area contributed by atoms with E-state index in [1.807, 2.05) is 18.2 Å². The van der Waals surface area contributed by atoms with Crippen LogP contribution < -0.4 is 15.1 Å². The van der Waals surface area contributed by atoms with Crippen LogP contribution >= 0.6 is 0 Å². The van der Waals surface area contributed by atoms with Crippen molar-refractivity contribution >= 4 is 27.0 Å². The van der Waals surface area contributed by atoms with Crippen molar-refractivity contribution in [1.82, 2.24) is 0 Å². The van der Waals surface area contributed by atoms with Gasteiger partial charge in [0.2, 0.25) is 0 Å². The molecule has 4 aromatic carbocycles. The lowest BCUT2D eigenvalue weighted by molar-refractivity contribution is -0.0766. The average molecular weight is 739 g/mol. The summed E-state index contributed by atoms with van der Waals surface area (Å²) in [7, 11) is -3.00. The van der Waals surface area contributed by atoms with Gasteiger partial charge in [0, 0.05) is 6.61 Å². The van der Waals surface area contributed by atoms with Crippen molar-refractivity contribution in [3.63, 3.8) is 0 Å². The summed E-state index contributed by atoms with van der Waals surface area (Å²) in [4.78, 5) is 0. The molecule has 0 bridgehead atoms. The van der Waals surface area contributed by atoms with E-state index in [2.05, 4.69) is 165 Å². The molecule has 4 rings (SSSR count). The third-order valence-electron chi connectivity index (χ3n) is 10.5. The van der Waals surface area contributed by atoms with E-state index in [1.165, 1.54) is 10.4 Å². The van der Waals surface area contributed by atoms with Crippen LogP contribution in [0.3, 0.4) is 0 Å². The Labute approximate surface area is 316 Å². The van der Waals surface area contributed by atoms with Gasteiger partial charge >= 0.3 is 0 Å². The second-order valence-corrected chi connectivity index (χ2v) is 25.3. The van der Waals surface area contributed by atoms with E-state index in [0.717, 1.165) is 22.4 Å². The Kier molecular flexibility index (Phi) is 14.9. The van der Waals surface area contributed by atoms with Gasteiger partial charge in [0.1, 0.15) is 11.9 Å². The zero-order chi connectivity index (χ0) is 37.8. The van der Waals surface area contributed by atoms with Gasteiger partial charge < -0.3 is 23.1 Å². The molecule has 0 heterocycles. The summed E-state index contributed by atoms with van der Waals surface area (Å²) in [5.41, 5.74) is 3.29. The molecule has 4 aromatic rings. The maximum Gasteiger partial charge on any atom is 0.261 e. The fraction of sp³-hybridized carbons (Fsp3) is 0.422. The summed E-state index contributed by atoms with van der Waals surface area (Å²) in [5, 5.41) is 2.52. The van der Waals surface area contributed by atoms with Crippen LogP contribution in [0.15, 0.2) is 127 Å². The van der Waals surface area contributed by atoms with E-state index in [0.29, 0.717) is 32.8 Å². The van der Waals surface area contributed by atoms with Gasteiger partial charge in [-0.05, 0) is 75.7 Å². The Morgan fingerprint density at radius 3 is 1.63 bits per heavy atom. The average Bonchev–Trinajstić information content (AvgIpc) is 3.12. The van der Waals surface area contributed by atoms with E-state index in [4.69, 9.17) is 23.1 Å². The van der Waals surface area contributed by atoms with Gasteiger partial charge in [-0.15, -0.1) is 0 Å². The van der Waals surface area contributed by atoms with Crippen LogP contribution in [0.2, 0.25) is 23.2 Å². The minimum absolute atomic E-state index is 0.125. The van der Waals surface area contributed by atoms with Crippen molar-refractivity contribution in [2.75, 3.05) is 20.3 Å². The third kappa shape index (κ3) is 10.9. The van der Waals surface area contributed by atoms with Crippen LogP contribution in [0.4, 0.5) is 0 Å². The lowest BCUT2D eigenvalue weighted by Gasteiger charge is -2.43. The number of ether oxygens (including phenoxy) is 3. The first kappa shape index (κ1) is 41.4. The first-order valence-electron chi connectivity index (χ1n) is 18.6. The fourth-order valence-corrected chi connectivity index (χ4v) is 11.9. The highest BCUT2D eigenvalue weighted by molar-refractivity contribution is 6.99. The van der Waals surface area contributed by atoms with E-state index in [-0.39, 0.29) is 22.3 Å². The van der Waals surface area contributed by atoms with Gasteiger partial charge in [-0.25, -0.2) is 0 Å². The lowest BCUT2D eigenvalue weighted by Crippen LogP contribution is -2.66. The number of rotatable bonds is 18. The molecule has 0 unspecified atom stereocenters. The van der Waals surface area contributed by atoms with Gasteiger partial charge in [-0.3, -0.25) is 0 Å². The maximum absolute atomic E-state index is 7.38. The highest BCUT2D eigenvalue weighted by atomic mass is 28.4. The molecule has 0 aliphatic rings. The first-order valence-corrected chi connectivity index (χ1v) is 23.5. The van der Waals surface area contributed by atoms with E-state index in [1.54, 1.807) is 7.11 Å². The number of benzene rings is 4. The van der Waals surface area contributed by atoms with Crippen LogP contribution in [0.25, 0.3) is 0 Å². The van der Waals surface area contributed by atoms with E-state index < -0.39 is 16.6 Å². The summed E-state index contributed by atoms with van der Waals surface area (Å²) in [6.45, 7) is 22.5. The minimum atomic E-state index is -2.75. The number of hydrogen-bond acceptors (Lipinski definition) is 5. The highest BCUT2D eigenvalue weighted by Gasteiger charge is 2.50. The first-order chi connectivity index (χ1) is 24.7. The Bertz CT molecular complexity index is 1600. The molecule has 2 atom stereocenters. The monoisotopic (exact) mass is 738 g/mol. The van der Waals surface area contributed by atoms with Gasteiger partial charge in [0.25, 0.3) is 8.32 Å². The normalized spacial score (nSPS) is 14.2. The van der Waals surface area contributed by atoms with Gasteiger partial charge in [0.15, 0.2) is 8.32 Å². The molecule has 0 aliphatic heterocycles. The molecule has 0 radical (unpaired) electrons. The molecular weight excluding hydrogens is 677 g/mol. The van der Waals surface area contributed by atoms with Gasteiger partial charge in [-0.2, -0.15) is 0 Å². The Hall–Kier alpha value is -3.31. The third-order valence-corrected chi connectivity index (χ3v) is 20.0. The minimum Gasteiger partial charge on any atom is -0.497 e. The summed E-state index contributed by atoms with van der Waals surface area (Å²) >= 11 is 0.